The van der Waals surface area contributed by atoms with Gasteiger partial charge in [0.2, 0.25) is 0 Å². The second-order valence-electron chi connectivity index (χ2n) is 12.1. The summed E-state index contributed by atoms with van der Waals surface area (Å²) in [5, 5.41) is 22.6. The van der Waals surface area contributed by atoms with Gasteiger partial charge in [-0.3, -0.25) is 28.8 Å². The zero-order valence-electron chi connectivity index (χ0n) is 28.4. The number of hydrogen-bond donors (Lipinski definition) is 9. The number of aromatic nitrogens is 4. The number of carbonyl (C=O) groups excluding carboxylic acids is 5. The van der Waals surface area contributed by atoms with Crippen molar-refractivity contribution in [1.82, 2.24) is 46.5 Å². The first-order valence-corrected chi connectivity index (χ1v) is 15.9. The molecular weight excluding hydrogens is 672 g/mol. The van der Waals surface area contributed by atoms with Crippen LogP contribution in [0, 0.1) is 5.92 Å². The summed E-state index contributed by atoms with van der Waals surface area (Å²) in [6.45, 7) is 7.45. The molecule has 0 bridgehead atoms. The Bertz CT molecular complexity index is 1610. The van der Waals surface area contributed by atoms with Crippen LogP contribution in [-0.4, -0.2) is 104 Å². The number of halogens is 1. The average Bonchev–Trinajstić information content (AvgIpc) is 3.75. The number of aliphatic carboxylic acids is 1. The maximum Gasteiger partial charge on any atom is 0.325 e. The van der Waals surface area contributed by atoms with E-state index in [9.17, 15) is 28.8 Å². The van der Waals surface area contributed by atoms with Crippen LogP contribution >= 0.6 is 12.4 Å². The minimum absolute atomic E-state index is 0. The maximum atomic E-state index is 13.4. The normalized spacial score (nSPS) is 13.2. The van der Waals surface area contributed by atoms with Gasteiger partial charge in [-0.2, -0.15) is 0 Å². The topological polar surface area (TPSA) is 268 Å². The Hall–Kier alpha value is -5.13. The van der Waals surface area contributed by atoms with E-state index >= 15 is 0 Å². The average molecular weight is 718 g/mol. The van der Waals surface area contributed by atoms with Crippen molar-refractivity contribution in [2.75, 3.05) is 19.6 Å². The van der Waals surface area contributed by atoms with Crippen molar-refractivity contribution in [3.63, 3.8) is 0 Å². The first-order chi connectivity index (χ1) is 23.3. The Morgan fingerprint density at radius 3 is 1.90 bits per heavy atom. The SMILES string of the molecule is CC(C)C[C@@H](C[NH3+])NC(=O)c1nc[nH]c1C(=O)N[C@@H](Cc1ccccc1)C(=O)CNC[C@H](C)NC(=O)c1nc[nH]c1C(=O)N[C@@H](C)C(=O)O.Cl. The Kier molecular flexibility index (Phi) is 16.2. The number of Topliss-reactive ketones (excluding diaryl/α,β-unsaturated/α-hetero) is 1. The largest absolute Gasteiger partial charge is 0.480 e. The van der Waals surface area contributed by atoms with Crippen LogP contribution < -0.4 is 32.3 Å². The molecule has 2 heterocycles. The predicted molar refractivity (Wildman–Crippen MR) is 184 cm³/mol. The fourth-order valence-corrected chi connectivity index (χ4v) is 4.89. The molecule has 0 spiro atoms. The number of H-pyrrole nitrogens is 2. The van der Waals surface area contributed by atoms with Crippen LogP contribution in [-0.2, 0) is 16.0 Å². The number of hydrogen-bond acceptors (Lipinski definition) is 9. The summed E-state index contributed by atoms with van der Waals surface area (Å²) in [4.78, 5) is 89.4. The summed E-state index contributed by atoms with van der Waals surface area (Å²) >= 11 is 0. The molecule has 272 valence electrons. The number of benzene rings is 1. The molecule has 18 heteroatoms. The van der Waals surface area contributed by atoms with E-state index in [1.165, 1.54) is 13.3 Å². The Morgan fingerprint density at radius 1 is 0.800 bits per heavy atom. The van der Waals surface area contributed by atoms with Gasteiger partial charge < -0.3 is 47.4 Å². The first kappa shape index (κ1) is 41.0. The summed E-state index contributed by atoms with van der Waals surface area (Å²) in [6.07, 6.45) is 3.27. The quantitative estimate of drug-likeness (QED) is 0.0764. The highest BCUT2D eigenvalue weighted by atomic mass is 35.5. The molecular formula is C32H46ClN10O7+. The lowest BCUT2D eigenvalue weighted by Crippen LogP contribution is -2.60. The van der Waals surface area contributed by atoms with Crippen molar-refractivity contribution in [3.8, 4) is 0 Å². The third kappa shape index (κ3) is 12.1. The number of quaternary nitrogens is 1. The zero-order valence-corrected chi connectivity index (χ0v) is 29.2. The van der Waals surface area contributed by atoms with E-state index in [1.54, 1.807) is 6.92 Å². The van der Waals surface area contributed by atoms with Crippen molar-refractivity contribution < 1.29 is 39.6 Å². The second-order valence-corrected chi connectivity index (χ2v) is 12.1. The minimum atomic E-state index is -1.24. The standard InChI is InChI=1S/C32H44N10O7.ClH/c1-17(2)10-21(12-33)41-30(46)26-27(38-16-37-26)31(47)42-22(11-20-8-6-5-7-9-20)23(43)14-34-13-18(3)39-28(44)24-25(36-15-35-24)29(45)40-19(4)32(48)49;/h5-9,15-19,21-22,34H,10-14,33H2,1-4H3,(H,35,36)(H,37,38)(H,39,44)(H,40,45)(H,41,46)(H,42,47)(H,48,49);1H/p+1/t18-,19-,21-,22-;/m0./s1. The number of ketones is 1. The van der Waals surface area contributed by atoms with E-state index in [1.807, 2.05) is 44.2 Å². The molecule has 1 aromatic carbocycles. The van der Waals surface area contributed by atoms with Gasteiger partial charge >= 0.3 is 5.97 Å². The number of rotatable bonds is 19. The molecule has 4 amide bonds. The number of nitrogens with one attached hydrogen (secondary N) is 7. The molecule has 3 aromatic rings. The lowest BCUT2D eigenvalue weighted by atomic mass is 10.0. The third-order valence-electron chi connectivity index (χ3n) is 7.42. The van der Waals surface area contributed by atoms with Gasteiger partial charge in [0.15, 0.2) is 17.2 Å². The molecule has 3 rings (SSSR count). The molecule has 0 saturated carbocycles. The van der Waals surface area contributed by atoms with Gasteiger partial charge in [0.25, 0.3) is 23.6 Å². The van der Waals surface area contributed by atoms with Crippen molar-refractivity contribution in [2.24, 2.45) is 5.92 Å². The van der Waals surface area contributed by atoms with Gasteiger partial charge in [0.1, 0.15) is 17.4 Å². The first-order valence-electron chi connectivity index (χ1n) is 15.9. The molecule has 50 heavy (non-hydrogen) atoms. The number of nitrogens with zero attached hydrogens (tertiary/aromatic N) is 2. The number of aromatic amines is 2. The fraction of sp³-hybridized carbons (Fsp3) is 0.438. The number of carboxylic acids is 1. The lowest BCUT2D eigenvalue weighted by molar-refractivity contribution is -0.373. The van der Waals surface area contributed by atoms with Crippen molar-refractivity contribution in [3.05, 3.63) is 71.3 Å². The van der Waals surface area contributed by atoms with E-state index in [0.717, 1.165) is 11.9 Å². The molecule has 0 aliphatic heterocycles. The fourth-order valence-electron chi connectivity index (χ4n) is 4.89. The Morgan fingerprint density at radius 2 is 1.36 bits per heavy atom. The highest BCUT2D eigenvalue weighted by Gasteiger charge is 2.28. The van der Waals surface area contributed by atoms with Gasteiger partial charge in [-0.1, -0.05) is 44.2 Å². The van der Waals surface area contributed by atoms with Crippen LogP contribution in [0.2, 0.25) is 0 Å². The minimum Gasteiger partial charge on any atom is -0.480 e. The van der Waals surface area contributed by atoms with E-state index in [0.29, 0.717) is 18.9 Å². The number of carbonyl (C=O) groups is 6. The number of carboxylic acid groups (broad SMARTS) is 1. The van der Waals surface area contributed by atoms with Crippen LogP contribution in [0.4, 0.5) is 0 Å². The monoisotopic (exact) mass is 717 g/mol. The molecule has 0 aliphatic rings. The smallest absolute Gasteiger partial charge is 0.325 e. The van der Waals surface area contributed by atoms with E-state index in [-0.39, 0.29) is 66.5 Å². The second kappa shape index (κ2) is 19.8. The molecule has 2 aromatic heterocycles. The zero-order chi connectivity index (χ0) is 36.1. The number of imidazole rings is 2. The Balaban J connectivity index is 0.00000867. The van der Waals surface area contributed by atoms with Crippen LogP contribution in [0.15, 0.2) is 43.0 Å². The summed E-state index contributed by atoms with van der Waals surface area (Å²) < 4.78 is 0. The van der Waals surface area contributed by atoms with Crippen LogP contribution in [0.5, 0.6) is 0 Å². The van der Waals surface area contributed by atoms with E-state index in [4.69, 9.17) is 5.11 Å². The van der Waals surface area contributed by atoms with Crippen molar-refractivity contribution >= 4 is 47.8 Å². The highest BCUT2D eigenvalue weighted by molar-refractivity contribution is 6.06. The summed E-state index contributed by atoms with van der Waals surface area (Å²) in [5.41, 5.74) is 4.09. The van der Waals surface area contributed by atoms with Crippen molar-refractivity contribution in [1.29, 1.82) is 0 Å². The van der Waals surface area contributed by atoms with Crippen LogP contribution in [0.25, 0.3) is 0 Å². The predicted octanol–water partition coefficient (Wildman–Crippen LogP) is -0.538. The van der Waals surface area contributed by atoms with Gasteiger partial charge in [-0.15, -0.1) is 12.4 Å². The van der Waals surface area contributed by atoms with E-state index < -0.39 is 47.7 Å². The molecule has 4 atom stereocenters. The number of amides is 4. The summed E-state index contributed by atoms with van der Waals surface area (Å²) in [5.74, 6) is -3.97. The van der Waals surface area contributed by atoms with Crippen molar-refractivity contribution in [2.45, 2.75) is 64.7 Å². The molecule has 11 N–H and O–H groups in total. The third-order valence-corrected chi connectivity index (χ3v) is 7.42. The molecule has 0 aliphatic carbocycles. The maximum absolute atomic E-state index is 13.4. The summed E-state index contributed by atoms with van der Waals surface area (Å²) in [6, 6.07) is 6.23. The van der Waals surface area contributed by atoms with Crippen LogP contribution in [0.3, 0.4) is 0 Å². The molecule has 0 saturated heterocycles. The Labute approximate surface area is 295 Å². The van der Waals surface area contributed by atoms with Gasteiger partial charge in [0, 0.05) is 12.6 Å². The van der Waals surface area contributed by atoms with E-state index in [2.05, 4.69) is 52.3 Å². The molecule has 0 fully saturated rings. The van der Waals surface area contributed by atoms with Gasteiger partial charge in [0.05, 0.1) is 37.8 Å². The summed E-state index contributed by atoms with van der Waals surface area (Å²) in [7, 11) is 0. The highest BCUT2D eigenvalue weighted by Crippen LogP contribution is 2.10. The van der Waals surface area contributed by atoms with Crippen LogP contribution in [0.1, 0.15) is 81.6 Å². The van der Waals surface area contributed by atoms with Gasteiger partial charge in [-0.05, 0) is 38.2 Å². The molecule has 0 unspecified atom stereocenters. The molecule has 0 radical (unpaired) electrons. The lowest BCUT2D eigenvalue weighted by Gasteiger charge is -2.20. The molecule has 17 nitrogen and oxygen atoms in total. The van der Waals surface area contributed by atoms with Gasteiger partial charge in [-0.25, -0.2) is 9.97 Å².